The van der Waals surface area contributed by atoms with Crippen LogP contribution in [-0.2, 0) is 4.74 Å². The minimum Gasteiger partial charge on any atom is -0.393 e. The molecule has 76 valence electrons. The molecule has 1 aromatic rings. The second-order valence-electron chi connectivity index (χ2n) is 3.60. The Balaban J connectivity index is 2.10. The maximum atomic E-state index is 9.47. The molecule has 0 amide bonds. The van der Waals surface area contributed by atoms with Gasteiger partial charge < -0.3 is 9.84 Å². The van der Waals surface area contributed by atoms with Crippen LogP contribution in [0.2, 0.25) is 0 Å². The number of rotatable bonds is 1. The number of aromatic nitrogens is 2. The van der Waals surface area contributed by atoms with Gasteiger partial charge in [0.2, 0.25) is 0 Å². The van der Waals surface area contributed by atoms with Gasteiger partial charge in [0.1, 0.15) is 5.82 Å². The molecule has 4 heteroatoms. The Kier molecular flexibility index (Phi) is 2.74. The smallest absolute Gasteiger partial charge is 0.125 e. The molecule has 1 aromatic heterocycles. The van der Waals surface area contributed by atoms with Gasteiger partial charge in [0, 0.05) is 31.0 Å². The Morgan fingerprint density at radius 1 is 1.43 bits per heavy atom. The number of aliphatic hydroxyl groups excluding tert-OH is 1. The van der Waals surface area contributed by atoms with E-state index in [1.165, 1.54) is 0 Å². The van der Waals surface area contributed by atoms with Crippen LogP contribution >= 0.6 is 0 Å². The van der Waals surface area contributed by atoms with E-state index in [1.54, 1.807) is 12.4 Å². The van der Waals surface area contributed by atoms with E-state index in [0.717, 1.165) is 17.8 Å². The highest BCUT2D eigenvalue weighted by molar-refractivity contribution is 5.09. The summed E-state index contributed by atoms with van der Waals surface area (Å²) in [6.45, 7) is 2.46. The largest absolute Gasteiger partial charge is 0.393 e. The van der Waals surface area contributed by atoms with Crippen molar-refractivity contribution in [1.82, 2.24) is 9.97 Å². The summed E-state index contributed by atoms with van der Waals surface area (Å²) >= 11 is 0. The van der Waals surface area contributed by atoms with Crippen LogP contribution in [0.15, 0.2) is 12.4 Å². The lowest BCUT2D eigenvalue weighted by molar-refractivity contribution is -0.0450. The van der Waals surface area contributed by atoms with Crippen molar-refractivity contribution < 1.29 is 9.84 Å². The molecule has 2 unspecified atom stereocenters. The molecule has 0 spiro atoms. The number of hydrogen-bond donors (Lipinski definition) is 1. The Bertz CT molecular complexity index is 299. The third-order valence-corrected chi connectivity index (χ3v) is 2.43. The molecule has 1 fully saturated rings. The van der Waals surface area contributed by atoms with E-state index < -0.39 is 0 Å². The molecule has 0 radical (unpaired) electrons. The Morgan fingerprint density at radius 2 is 2.14 bits per heavy atom. The van der Waals surface area contributed by atoms with Gasteiger partial charge in [0.25, 0.3) is 0 Å². The summed E-state index contributed by atoms with van der Waals surface area (Å²) < 4.78 is 5.53. The maximum Gasteiger partial charge on any atom is 0.125 e. The monoisotopic (exact) mass is 194 g/mol. The average Bonchev–Trinajstić information content (AvgIpc) is 2.19. The Morgan fingerprint density at radius 3 is 2.79 bits per heavy atom. The number of aryl methyl sites for hydroxylation is 1. The first-order valence-corrected chi connectivity index (χ1v) is 4.84. The minimum absolute atomic E-state index is 0.0423. The molecule has 1 aliphatic rings. The number of ether oxygens (including phenoxy) is 1. The van der Waals surface area contributed by atoms with E-state index in [4.69, 9.17) is 4.74 Å². The van der Waals surface area contributed by atoms with Gasteiger partial charge in [-0.3, -0.25) is 0 Å². The van der Waals surface area contributed by atoms with Crippen molar-refractivity contribution in [1.29, 1.82) is 0 Å². The van der Waals surface area contributed by atoms with Crippen molar-refractivity contribution in [2.24, 2.45) is 0 Å². The molecule has 1 aliphatic heterocycles. The molecule has 2 rings (SSSR count). The molecule has 14 heavy (non-hydrogen) atoms. The van der Waals surface area contributed by atoms with E-state index in [9.17, 15) is 5.11 Å². The molecule has 1 saturated heterocycles. The van der Waals surface area contributed by atoms with Gasteiger partial charge in [-0.2, -0.15) is 0 Å². The molecule has 1 N–H and O–H groups in total. The van der Waals surface area contributed by atoms with Crippen molar-refractivity contribution >= 4 is 0 Å². The third-order valence-electron chi connectivity index (χ3n) is 2.43. The minimum atomic E-state index is -0.255. The average molecular weight is 194 g/mol. The molecular weight excluding hydrogens is 180 g/mol. The van der Waals surface area contributed by atoms with E-state index in [1.807, 2.05) is 6.92 Å². The molecule has 0 bridgehead atoms. The van der Waals surface area contributed by atoms with Crippen LogP contribution in [0.1, 0.15) is 30.3 Å². The second kappa shape index (κ2) is 4.02. The Hall–Kier alpha value is -1.00. The standard InChI is InChI=1S/C10H14N2O2/c1-7-11-5-8(6-12-7)10-4-9(13)2-3-14-10/h5-6,9-10,13H,2-4H2,1H3. The Labute approximate surface area is 83.0 Å². The molecule has 0 aromatic carbocycles. The van der Waals surface area contributed by atoms with E-state index in [2.05, 4.69) is 9.97 Å². The molecule has 4 nitrogen and oxygen atoms in total. The van der Waals surface area contributed by atoms with Crippen LogP contribution in [0.4, 0.5) is 0 Å². The van der Waals surface area contributed by atoms with Crippen LogP contribution in [0.3, 0.4) is 0 Å². The normalized spacial score (nSPS) is 27.6. The number of aliphatic hydroxyl groups is 1. The molecular formula is C10H14N2O2. The summed E-state index contributed by atoms with van der Waals surface area (Å²) in [6, 6.07) is 0. The van der Waals surface area contributed by atoms with Gasteiger partial charge in [-0.05, 0) is 13.3 Å². The predicted molar refractivity (Wildman–Crippen MR) is 50.7 cm³/mol. The molecule has 0 saturated carbocycles. The van der Waals surface area contributed by atoms with Crippen LogP contribution in [0, 0.1) is 6.92 Å². The van der Waals surface area contributed by atoms with Gasteiger partial charge in [-0.15, -0.1) is 0 Å². The maximum absolute atomic E-state index is 9.47. The highest BCUT2D eigenvalue weighted by atomic mass is 16.5. The van der Waals surface area contributed by atoms with Crippen molar-refractivity contribution in [2.75, 3.05) is 6.61 Å². The lowest BCUT2D eigenvalue weighted by Gasteiger charge is -2.26. The molecule has 2 heterocycles. The summed E-state index contributed by atoms with van der Waals surface area (Å²) in [5.41, 5.74) is 0.953. The lowest BCUT2D eigenvalue weighted by atomic mass is 10.0. The predicted octanol–water partition coefficient (Wildman–Crippen LogP) is 0.997. The van der Waals surface area contributed by atoms with Gasteiger partial charge in [-0.1, -0.05) is 0 Å². The topological polar surface area (TPSA) is 55.2 Å². The fraction of sp³-hybridized carbons (Fsp3) is 0.600. The summed E-state index contributed by atoms with van der Waals surface area (Å²) in [7, 11) is 0. The molecule has 0 aliphatic carbocycles. The summed E-state index contributed by atoms with van der Waals surface area (Å²) in [5, 5.41) is 9.47. The summed E-state index contributed by atoms with van der Waals surface area (Å²) in [4.78, 5) is 8.21. The van der Waals surface area contributed by atoms with Crippen molar-refractivity contribution in [2.45, 2.75) is 32.0 Å². The quantitative estimate of drug-likeness (QED) is 0.724. The summed E-state index contributed by atoms with van der Waals surface area (Å²) in [5.74, 6) is 0.755. The zero-order valence-corrected chi connectivity index (χ0v) is 8.18. The van der Waals surface area contributed by atoms with Gasteiger partial charge in [-0.25, -0.2) is 9.97 Å². The van der Waals surface area contributed by atoms with E-state index in [-0.39, 0.29) is 12.2 Å². The second-order valence-corrected chi connectivity index (χ2v) is 3.60. The summed E-state index contributed by atoms with van der Waals surface area (Å²) in [6.07, 6.45) is 4.61. The van der Waals surface area contributed by atoms with Crippen LogP contribution in [0.25, 0.3) is 0 Å². The lowest BCUT2D eigenvalue weighted by Crippen LogP contribution is -2.23. The highest BCUT2D eigenvalue weighted by Crippen LogP contribution is 2.26. The van der Waals surface area contributed by atoms with E-state index >= 15 is 0 Å². The van der Waals surface area contributed by atoms with Gasteiger partial charge in [0.15, 0.2) is 0 Å². The highest BCUT2D eigenvalue weighted by Gasteiger charge is 2.22. The first-order valence-electron chi connectivity index (χ1n) is 4.84. The zero-order valence-electron chi connectivity index (χ0n) is 8.18. The SMILES string of the molecule is Cc1ncc(C2CC(O)CCO2)cn1. The first kappa shape index (κ1) is 9.55. The van der Waals surface area contributed by atoms with Crippen molar-refractivity contribution in [3.63, 3.8) is 0 Å². The van der Waals surface area contributed by atoms with Crippen molar-refractivity contribution in [3.05, 3.63) is 23.8 Å². The van der Waals surface area contributed by atoms with Crippen LogP contribution in [-0.4, -0.2) is 27.8 Å². The van der Waals surface area contributed by atoms with Gasteiger partial charge in [0.05, 0.1) is 12.2 Å². The van der Waals surface area contributed by atoms with Gasteiger partial charge >= 0.3 is 0 Å². The third kappa shape index (κ3) is 2.08. The first-order chi connectivity index (χ1) is 6.75. The van der Waals surface area contributed by atoms with Crippen LogP contribution < -0.4 is 0 Å². The number of hydrogen-bond acceptors (Lipinski definition) is 4. The van der Waals surface area contributed by atoms with E-state index in [0.29, 0.717) is 13.0 Å². The van der Waals surface area contributed by atoms with Crippen molar-refractivity contribution in [3.8, 4) is 0 Å². The number of nitrogens with zero attached hydrogens (tertiary/aromatic N) is 2. The molecule has 2 atom stereocenters. The fourth-order valence-electron chi connectivity index (χ4n) is 1.58. The fourth-order valence-corrected chi connectivity index (χ4v) is 1.58. The van der Waals surface area contributed by atoms with Crippen LogP contribution in [0.5, 0.6) is 0 Å². The zero-order chi connectivity index (χ0) is 9.97.